The van der Waals surface area contributed by atoms with Crippen molar-refractivity contribution in [2.45, 2.75) is 30.8 Å². The van der Waals surface area contributed by atoms with Crippen LogP contribution in [0.3, 0.4) is 0 Å². The molecule has 1 fully saturated rings. The van der Waals surface area contributed by atoms with Gasteiger partial charge in [-0.15, -0.1) is 0 Å². The number of halogens is 4. The summed E-state index contributed by atoms with van der Waals surface area (Å²) in [5, 5.41) is 0. The Bertz CT molecular complexity index is 175. The van der Waals surface area contributed by atoms with Gasteiger partial charge in [0.2, 0.25) is 0 Å². The Morgan fingerprint density at radius 2 is 1.86 bits per heavy atom. The monoisotopic (exact) mass is 273 g/mol. The van der Waals surface area contributed by atoms with Crippen LogP contribution in [0.2, 0.25) is 0 Å². The van der Waals surface area contributed by atoms with Gasteiger partial charge in [-0.25, -0.2) is 0 Å². The standard InChI is InChI=1S/C9H15BrF3N/c1-7-2-4-14(5-3-7)6-8(10)9(11,12)13/h7-8H,2-6H2,1H3. The van der Waals surface area contributed by atoms with Crippen LogP contribution in [0.4, 0.5) is 13.2 Å². The molecule has 0 saturated carbocycles. The Kier molecular flexibility index (Phi) is 4.25. The molecule has 0 radical (unpaired) electrons. The van der Waals surface area contributed by atoms with E-state index in [4.69, 9.17) is 0 Å². The predicted molar refractivity (Wildman–Crippen MR) is 53.6 cm³/mol. The molecule has 1 atom stereocenters. The van der Waals surface area contributed by atoms with Crippen molar-refractivity contribution in [3.8, 4) is 0 Å². The van der Waals surface area contributed by atoms with E-state index in [2.05, 4.69) is 22.9 Å². The third kappa shape index (κ3) is 3.77. The summed E-state index contributed by atoms with van der Waals surface area (Å²) >= 11 is 2.68. The number of piperidine rings is 1. The maximum absolute atomic E-state index is 12.2. The molecule has 0 bridgehead atoms. The van der Waals surface area contributed by atoms with Crippen molar-refractivity contribution in [1.82, 2.24) is 4.90 Å². The number of rotatable bonds is 2. The van der Waals surface area contributed by atoms with Gasteiger partial charge in [0.25, 0.3) is 0 Å². The van der Waals surface area contributed by atoms with Crippen LogP contribution >= 0.6 is 15.9 Å². The number of hydrogen-bond acceptors (Lipinski definition) is 1. The third-order valence-electron chi connectivity index (χ3n) is 2.65. The highest BCUT2D eigenvalue weighted by Gasteiger charge is 2.38. The van der Waals surface area contributed by atoms with E-state index in [1.807, 2.05) is 4.90 Å². The van der Waals surface area contributed by atoms with Gasteiger partial charge in [-0.1, -0.05) is 22.9 Å². The van der Waals surface area contributed by atoms with Crippen molar-refractivity contribution < 1.29 is 13.2 Å². The van der Waals surface area contributed by atoms with Crippen molar-refractivity contribution in [2.75, 3.05) is 19.6 Å². The minimum absolute atomic E-state index is 0.0796. The molecule has 0 aromatic heterocycles. The van der Waals surface area contributed by atoms with Gasteiger partial charge >= 0.3 is 6.18 Å². The van der Waals surface area contributed by atoms with Crippen LogP contribution in [0, 0.1) is 5.92 Å². The van der Waals surface area contributed by atoms with Crippen molar-refractivity contribution in [3.05, 3.63) is 0 Å². The normalized spacial score (nSPS) is 23.8. The van der Waals surface area contributed by atoms with Gasteiger partial charge in [-0.2, -0.15) is 13.2 Å². The van der Waals surface area contributed by atoms with E-state index in [1.165, 1.54) is 0 Å². The zero-order valence-corrected chi connectivity index (χ0v) is 9.74. The first kappa shape index (κ1) is 12.3. The van der Waals surface area contributed by atoms with E-state index in [0.29, 0.717) is 5.92 Å². The number of hydrogen-bond donors (Lipinski definition) is 0. The first-order valence-corrected chi connectivity index (χ1v) is 5.74. The summed E-state index contributed by atoms with van der Waals surface area (Å²) < 4.78 is 36.6. The number of alkyl halides is 4. The van der Waals surface area contributed by atoms with Crippen LogP contribution in [-0.4, -0.2) is 35.5 Å². The second-order valence-electron chi connectivity index (χ2n) is 3.99. The van der Waals surface area contributed by atoms with Crippen molar-refractivity contribution >= 4 is 15.9 Å². The fourth-order valence-electron chi connectivity index (χ4n) is 1.57. The molecule has 1 unspecified atom stereocenters. The van der Waals surface area contributed by atoms with Gasteiger partial charge in [-0.3, -0.25) is 0 Å². The zero-order chi connectivity index (χ0) is 10.8. The Balaban J connectivity index is 2.31. The van der Waals surface area contributed by atoms with E-state index >= 15 is 0 Å². The van der Waals surface area contributed by atoms with Crippen LogP contribution in [0.15, 0.2) is 0 Å². The van der Waals surface area contributed by atoms with Crippen molar-refractivity contribution in [1.29, 1.82) is 0 Å². The quantitative estimate of drug-likeness (QED) is 0.699. The van der Waals surface area contributed by atoms with Gasteiger partial charge in [0.05, 0.1) is 0 Å². The van der Waals surface area contributed by atoms with Crippen molar-refractivity contribution in [2.24, 2.45) is 5.92 Å². The third-order valence-corrected chi connectivity index (χ3v) is 3.46. The fourth-order valence-corrected chi connectivity index (χ4v) is 1.98. The van der Waals surface area contributed by atoms with Gasteiger partial charge in [0.1, 0.15) is 4.83 Å². The highest BCUT2D eigenvalue weighted by molar-refractivity contribution is 9.09. The molecular formula is C9H15BrF3N. The molecule has 1 rings (SSSR count). The van der Waals surface area contributed by atoms with Crippen LogP contribution in [0.1, 0.15) is 19.8 Å². The molecule has 0 amide bonds. The Labute approximate surface area is 90.8 Å². The number of likely N-dealkylation sites (tertiary alicyclic amines) is 1. The van der Waals surface area contributed by atoms with Gasteiger partial charge < -0.3 is 4.90 Å². The molecule has 0 spiro atoms. The lowest BCUT2D eigenvalue weighted by Crippen LogP contribution is -2.41. The smallest absolute Gasteiger partial charge is 0.302 e. The predicted octanol–water partition coefficient (Wildman–Crippen LogP) is 3.04. The van der Waals surface area contributed by atoms with Crippen LogP contribution in [-0.2, 0) is 0 Å². The minimum atomic E-state index is -4.12. The highest BCUT2D eigenvalue weighted by Crippen LogP contribution is 2.28. The molecule has 0 aliphatic carbocycles. The SMILES string of the molecule is CC1CCN(CC(Br)C(F)(F)F)CC1. The summed E-state index contributed by atoms with van der Waals surface area (Å²) in [4.78, 5) is 0.496. The highest BCUT2D eigenvalue weighted by atomic mass is 79.9. The molecule has 1 aliphatic heterocycles. The first-order valence-electron chi connectivity index (χ1n) is 4.82. The average molecular weight is 274 g/mol. The summed E-state index contributed by atoms with van der Waals surface area (Å²) in [6, 6.07) is 0. The van der Waals surface area contributed by atoms with Crippen LogP contribution < -0.4 is 0 Å². The van der Waals surface area contributed by atoms with Crippen LogP contribution in [0.5, 0.6) is 0 Å². The molecule has 1 nitrogen and oxygen atoms in total. The van der Waals surface area contributed by atoms with E-state index in [0.717, 1.165) is 25.9 Å². The molecule has 0 N–H and O–H groups in total. The van der Waals surface area contributed by atoms with Crippen molar-refractivity contribution in [3.63, 3.8) is 0 Å². The Morgan fingerprint density at radius 1 is 1.36 bits per heavy atom. The van der Waals surface area contributed by atoms with E-state index < -0.39 is 11.0 Å². The minimum Gasteiger partial charge on any atom is -0.302 e. The zero-order valence-electron chi connectivity index (χ0n) is 8.15. The van der Waals surface area contributed by atoms with E-state index in [1.54, 1.807) is 0 Å². The maximum atomic E-state index is 12.2. The molecule has 0 aromatic rings. The summed E-state index contributed by atoms with van der Waals surface area (Å²) in [5.41, 5.74) is 0. The number of nitrogens with zero attached hydrogens (tertiary/aromatic N) is 1. The second kappa shape index (κ2) is 4.84. The Morgan fingerprint density at radius 3 is 2.29 bits per heavy atom. The molecule has 5 heteroatoms. The molecule has 14 heavy (non-hydrogen) atoms. The molecule has 1 saturated heterocycles. The molecule has 1 aliphatic rings. The molecule has 1 heterocycles. The second-order valence-corrected chi connectivity index (χ2v) is 5.10. The lowest BCUT2D eigenvalue weighted by Gasteiger charge is -2.31. The first-order chi connectivity index (χ1) is 6.39. The average Bonchev–Trinajstić information content (AvgIpc) is 2.07. The lowest BCUT2D eigenvalue weighted by atomic mass is 9.99. The van der Waals surface area contributed by atoms with Crippen LogP contribution in [0.25, 0.3) is 0 Å². The van der Waals surface area contributed by atoms with E-state index in [9.17, 15) is 13.2 Å². The summed E-state index contributed by atoms with van der Waals surface area (Å²) in [6.45, 7) is 3.81. The van der Waals surface area contributed by atoms with Gasteiger partial charge in [-0.05, 0) is 31.8 Å². The fraction of sp³-hybridized carbons (Fsp3) is 1.00. The molecule has 84 valence electrons. The molecular weight excluding hydrogens is 259 g/mol. The van der Waals surface area contributed by atoms with Gasteiger partial charge in [0, 0.05) is 6.54 Å². The Hall–Kier alpha value is 0.230. The largest absolute Gasteiger partial charge is 0.402 e. The lowest BCUT2D eigenvalue weighted by molar-refractivity contribution is -0.131. The van der Waals surface area contributed by atoms with Gasteiger partial charge in [0.15, 0.2) is 0 Å². The molecule has 0 aromatic carbocycles. The topological polar surface area (TPSA) is 3.24 Å². The summed E-state index contributed by atoms with van der Waals surface area (Å²) in [5.74, 6) is 0.658. The maximum Gasteiger partial charge on any atom is 0.402 e. The summed E-state index contributed by atoms with van der Waals surface area (Å²) in [6.07, 6.45) is -2.10. The summed E-state index contributed by atoms with van der Waals surface area (Å²) in [7, 11) is 0. The van der Waals surface area contributed by atoms with E-state index in [-0.39, 0.29) is 6.54 Å².